The molecule has 1 aliphatic heterocycles. The van der Waals surface area contributed by atoms with E-state index in [0.29, 0.717) is 18.4 Å². The largest absolute Gasteiger partial charge is 0.462 e. The molecule has 1 saturated heterocycles. The van der Waals surface area contributed by atoms with Crippen molar-refractivity contribution >= 4 is 5.97 Å². The number of hydrogen-bond acceptors (Lipinski definition) is 4. The van der Waals surface area contributed by atoms with Crippen molar-refractivity contribution in [3.8, 4) is 0 Å². The maximum absolute atomic E-state index is 12.2. The van der Waals surface area contributed by atoms with Gasteiger partial charge in [-0.3, -0.25) is 9.78 Å². The first-order valence-electron chi connectivity index (χ1n) is 8.95. The molecule has 2 aliphatic carbocycles. The summed E-state index contributed by atoms with van der Waals surface area (Å²) in [5.41, 5.74) is 1.10. The van der Waals surface area contributed by atoms with Crippen LogP contribution in [0.1, 0.15) is 44.6 Å². The summed E-state index contributed by atoms with van der Waals surface area (Å²) in [6.45, 7) is 2.61. The summed E-state index contributed by atoms with van der Waals surface area (Å²) < 4.78 is 12.0. The quantitative estimate of drug-likeness (QED) is 0.803. The molecule has 4 nitrogen and oxygen atoms in total. The van der Waals surface area contributed by atoms with Crippen LogP contribution >= 0.6 is 0 Å². The molecule has 0 N–H and O–H groups in total. The van der Waals surface area contributed by atoms with E-state index in [1.807, 2.05) is 25.3 Å². The summed E-state index contributed by atoms with van der Waals surface area (Å²) in [4.78, 5) is 16.4. The topological polar surface area (TPSA) is 48.4 Å². The van der Waals surface area contributed by atoms with E-state index in [4.69, 9.17) is 9.47 Å². The van der Waals surface area contributed by atoms with E-state index in [1.165, 1.54) is 25.7 Å². The van der Waals surface area contributed by atoms with Gasteiger partial charge in [0.2, 0.25) is 0 Å². The highest BCUT2D eigenvalue weighted by atomic mass is 16.6. The van der Waals surface area contributed by atoms with Crippen molar-refractivity contribution in [2.75, 3.05) is 0 Å². The molecule has 0 bridgehead atoms. The van der Waals surface area contributed by atoms with Crippen LogP contribution in [0.5, 0.6) is 0 Å². The van der Waals surface area contributed by atoms with Crippen molar-refractivity contribution in [2.45, 2.75) is 57.8 Å². The number of aromatic nitrogens is 1. The Kier molecular flexibility index (Phi) is 4.10. The number of nitrogens with zero attached hydrogens (tertiary/aromatic N) is 1. The van der Waals surface area contributed by atoms with Crippen molar-refractivity contribution in [3.63, 3.8) is 0 Å². The van der Waals surface area contributed by atoms with Gasteiger partial charge in [0.1, 0.15) is 6.10 Å². The molecule has 0 aromatic carbocycles. The highest BCUT2D eigenvalue weighted by molar-refractivity contribution is 5.75. The van der Waals surface area contributed by atoms with Gasteiger partial charge in [0, 0.05) is 18.3 Å². The van der Waals surface area contributed by atoms with Crippen LogP contribution < -0.4 is 0 Å². The van der Waals surface area contributed by atoms with E-state index in [1.54, 1.807) is 6.20 Å². The predicted molar refractivity (Wildman–Crippen MR) is 85.4 cm³/mol. The van der Waals surface area contributed by atoms with E-state index in [0.717, 1.165) is 12.0 Å². The third kappa shape index (κ3) is 2.78. The molecule has 4 heteroatoms. The first-order chi connectivity index (χ1) is 11.2. The van der Waals surface area contributed by atoms with Gasteiger partial charge >= 0.3 is 5.97 Å². The number of ether oxygens (including phenoxy) is 2. The molecule has 2 saturated carbocycles. The fourth-order valence-electron chi connectivity index (χ4n) is 5.07. The Labute approximate surface area is 137 Å². The van der Waals surface area contributed by atoms with Crippen molar-refractivity contribution < 1.29 is 14.3 Å². The smallest absolute Gasteiger partial charge is 0.309 e. The van der Waals surface area contributed by atoms with Crippen LogP contribution in [-0.4, -0.2) is 23.2 Å². The van der Waals surface area contributed by atoms with Crippen LogP contribution in [0.3, 0.4) is 0 Å². The molecule has 6 atom stereocenters. The van der Waals surface area contributed by atoms with Crippen LogP contribution in [-0.2, 0) is 20.9 Å². The zero-order valence-electron chi connectivity index (χ0n) is 13.7. The molecule has 4 unspecified atom stereocenters. The van der Waals surface area contributed by atoms with Gasteiger partial charge in [-0.25, -0.2) is 0 Å². The highest BCUT2D eigenvalue weighted by Crippen LogP contribution is 2.51. The van der Waals surface area contributed by atoms with Gasteiger partial charge in [-0.1, -0.05) is 25.3 Å². The summed E-state index contributed by atoms with van der Waals surface area (Å²) in [5.74, 6) is 1.48. The van der Waals surface area contributed by atoms with Crippen LogP contribution in [0, 0.1) is 23.7 Å². The van der Waals surface area contributed by atoms with Crippen LogP contribution in [0.4, 0.5) is 0 Å². The van der Waals surface area contributed by atoms with Crippen molar-refractivity contribution in [3.05, 3.63) is 30.1 Å². The van der Waals surface area contributed by atoms with Gasteiger partial charge in [-0.05, 0) is 43.2 Å². The summed E-state index contributed by atoms with van der Waals surface area (Å²) in [7, 11) is 0. The zero-order chi connectivity index (χ0) is 15.8. The molecule has 4 rings (SSSR count). The minimum Gasteiger partial charge on any atom is -0.462 e. The molecule has 0 spiro atoms. The first-order valence-corrected chi connectivity index (χ1v) is 8.95. The van der Waals surface area contributed by atoms with Gasteiger partial charge in [0.15, 0.2) is 0 Å². The predicted octanol–water partition coefficient (Wildman–Crippen LogP) is 3.35. The lowest BCUT2D eigenvalue weighted by molar-refractivity contribution is -0.145. The van der Waals surface area contributed by atoms with Crippen molar-refractivity contribution in [1.82, 2.24) is 4.98 Å². The van der Waals surface area contributed by atoms with Gasteiger partial charge < -0.3 is 9.47 Å². The second kappa shape index (κ2) is 6.23. The molecule has 23 heavy (non-hydrogen) atoms. The normalized spacial score (nSPS) is 39.4. The minimum absolute atomic E-state index is 0.00139. The van der Waals surface area contributed by atoms with Crippen LogP contribution in [0.2, 0.25) is 0 Å². The van der Waals surface area contributed by atoms with Crippen LogP contribution in [0.25, 0.3) is 0 Å². The monoisotopic (exact) mass is 315 g/mol. The third-order valence-corrected chi connectivity index (χ3v) is 6.10. The number of carbonyl (C=O) groups is 1. The Hall–Kier alpha value is -1.42. The Morgan fingerprint density at radius 1 is 1.35 bits per heavy atom. The molecule has 1 aromatic heterocycles. The van der Waals surface area contributed by atoms with Crippen molar-refractivity contribution in [2.24, 2.45) is 23.7 Å². The second-order valence-corrected chi connectivity index (χ2v) is 7.41. The summed E-state index contributed by atoms with van der Waals surface area (Å²) in [5, 5.41) is 0. The molecule has 0 amide bonds. The van der Waals surface area contributed by atoms with E-state index < -0.39 is 0 Å². The number of esters is 1. The first kappa shape index (κ1) is 15.1. The number of cyclic esters (lactones) is 1. The summed E-state index contributed by atoms with van der Waals surface area (Å²) in [6.07, 6.45) is 9.81. The standard InChI is InChI=1S/C19H25NO3/c1-12-17-16(19(21)23-12)9-14-6-2-3-7-15(14)18(17)22-11-13-5-4-8-20-10-13/h4-5,8,10,12,14-18H,2-3,6-7,9,11H2,1H3/t12-,14?,15?,16?,17?,18+/m0/s1. The van der Waals surface area contributed by atoms with E-state index in [2.05, 4.69) is 4.98 Å². The van der Waals surface area contributed by atoms with E-state index in [9.17, 15) is 4.79 Å². The Balaban J connectivity index is 1.56. The maximum atomic E-state index is 12.2. The molecule has 3 fully saturated rings. The molecule has 0 radical (unpaired) electrons. The fraction of sp³-hybridized carbons (Fsp3) is 0.684. The average molecular weight is 315 g/mol. The molecule has 3 aliphatic rings. The number of hydrogen-bond donors (Lipinski definition) is 0. The molecule has 2 heterocycles. The summed E-state index contributed by atoms with van der Waals surface area (Å²) in [6, 6.07) is 3.99. The lowest BCUT2D eigenvalue weighted by Gasteiger charge is -2.46. The SMILES string of the molecule is C[C@@H]1OC(=O)C2CC3CCCCC3[C@@H](OCc3cccnc3)C21. The van der Waals surface area contributed by atoms with Crippen molar-refractivity contribution in [1.29, 1.82) is 0 Å². The highest BCUT2D eigenvalue weighted by Gasteiger charge is 2.55. The number of rotatable bonds is 3. The van der Waals surface area contributed by atoms with E-state index >= 15 is 0 Å². The average Bonchev–Trinajstić information content (AvgIpc) is 2.87. The molecule has 1 aromatic rings. The molecular weight excluding hydrogens is 290 g/mol. The van der Waals surface area contributed by atoms with E-state index in [-0.39, 0.29) is 30.0 Å². The Morgan fingerprint density at radius 2 is 2.22 bits per heavy atom. The van der Waals surface area contributed by atoms with Gasteiger partial charge in [-0.2, -0.15) is 0 Å². The molecular formula is C19H25NO3. The Morgan fingerprint density at radius 3 is 3.04 bits per heavy atom. The van der Waals surface area contributed by atoms with Gasteiger partial charge in [-0.15, -0.1) is 0 Å². The third-order valence-electron chi connectivity index (χ3n) is 6.10. The fourth-order valence-corrected chi connectivity index (χ4v) is 5.07. The Bertz CT molecular complexity index is 561. The number of carbonyl (C=O) groups excluding carboxylic acids is 1. The zero-order valence-corrected chi connectivity index (χ0v) is 13.7. The van der Waals surface area contributed by atoms with Crippen LogP contribution in [0.15, 0.2) is 24.5 Å². The lowest BCUT2D eigenvalue weighted by Crippen LogP contribution is -2.48. The molecule has 124 valence electrons. The van der Waals surface area contributed by atoms with Gasteiger partial charge in [0.25, 0.3) is 0 Å². The number of pyridine rings is 1. The van der Waals surface area contributed by atoms with Gasteiger partial charge in [0.05, 0.1) is 18.6 Å². The lowest BCUT2D eigenvalue weighted by atomic mass is 9.61. The summed E-state index contributed by atoms with van der Waals surface area (Å²) >= 11 is 0. The minimum atomic E-state index is -0.0192. The second-order valence-electron chi connectivity index (χ2n) is 7.41. The maximum Gasteiger partial charge on any atom is 0.309 e. The number of fused-ring (bicyclic) bond motifs is 2.